The SMILES string of the molecule is Cc1cn[nH]c1-c1cn2c(C)c(C(=O)O)nc2[nH]1. The lowest BCUT2D eigenvalue weighted by Gasteiger charge is -1.94. The molecule has 3 rings (SSSR count). The number of fused-ring (bicyclic) bond motifs is 1. The van der Waals surface area contributed by atoms with Gasteiger partial charge >= 0.3 is 5.97 Å². The third-order valence-electron chi connectivity index (χ3n) is 2.96. The average Bonchev–Trinajstić information content (AvgIpc) is 2.95. The first kappa shape index (κ1) is 10.6. The number of hydrogen-bond acceptors (Lipinski definition) is 3. The molecule has 0 unspecified atom stereocenters. The molecule has 0 fully saturated rings. The molecule has 18 heavy (non-hydrogen) atoms. The maximum Gasteiger partial charge on any atom is 0.356 e. The van der Waals surface area contributed by atoms with Crippen LogP contribution in [0.4, 0.5) is 0 Å². The van der Waals surface area contributed by atoms with Gasteiger partial charge in [0.15, 0.2) is 5.69 Å². The molecule has 0 bridgehead atoms. The molecular weight excluding hydrogens is 234 g/mol. The maximum atomic E-state index is 11.0. The van der Waals surface area contributed by atoms with Crippen LogP contribution in [0.1, 0.15) is 21.7 Å². The fraction of sp³-hybridized carbons (Fsp3) is 0.182. The molecule has 0 aliphatic carbocycles. The topological polar surface area (TPSA) is 99.1 Å². The van der Waals surface area contributed by atoms with E-state index in [4.69, 9.17) is 5.11 Å². The van der Waals surface area contributed by atoms with Gasteiger partial charge in [0.1, 0.15) is 0 Å². The van der Waals surface area contributed by atoms with Crippen LogP contribution in [0.5, 0.6) is 0 Å². The first-order valence-electron chi connectivity index (χ1n) is 5.39. The number of aromatic nitrogens is 5. The van der Waals surface area contributed by atoms with Gasteiger partial charge in [-0.1, -0.05) is 0 Å². The van der Waals surface area contributed by atoms with Crippen LogP contribution in [0, 0.1) is 13.8 Å². The second kappa shape index (κ2) is 3.46. The summed E-state index contributed by atoms with van der Waals surface area (Å²) in [4.78, 5) is 18.1. The molecule has 0 spiro atoms. The highest BCUT2D eigenvalue weighted by molar-refractivity contribution is 5.87. The highest BCUT2D eigenvalue weighted by Crippen LogP contribution is 2.21. The van der Waals surface area contributed by atoms with Crippen molar-refractivity contribution in [1.82, 2.24) is 24.6 Å². The molecule has 0 aromatic carbocycles. The predicted octanol–water partition coefficient (Wildman–Crippen LogP) is 1.37. The molecule has 0 aliphatic heterocycles. The van der Waals surface area contributed by atoms with Crippen molar-refractivity contribution >= 4 is 11.7 Å². The minimum atomic E-state index is -1.02. The third-order valence-corrected chi connectivity index (χ3v) is 2.96. The molecule has 92 valence electrons. The van der Waals surface area contributed by atoms with Crippen molar-refractivity contribution in [3.63, 3.8) is 0 Å². The molecule has 7 heteroatoms. The minimum absolute atomic E-state index is 0.0640. The number of aryl methyl sites for hydroxylation is 2. The van der Waals surface area contributed by atoms with Crippen LogP contribution >= 0.6 is 0 Å². The van der Waals surface area contributed by atoms with E-state index < -0.39 is 5.97 Å². The molecule has 3 aromatic rings. The minimum Gasteiger partial charge on any atom is -0.476 e. The summed E-state index contributed by atoms with van der Waals surface area (Å²) in [5, 5.41) is 15.8. The number of aromatic carboxylic acids is 1. The molecule has 0 aliphatic rings. The number of carboxylic acid groups (broad SMARTS) is 1. The first-order chi connectivity index (χ1) is 8.58. The van der Waals surface area contributed by atoms with Crippen molar-refractivity contribution in [2.45, 2.75) is 13.8 Å². The van der Waals surface area contributed by atoms with Crippen molar-refractivity contribution < 1.29 is 9.90 Å². The van der Waals surface area contributed by atoms with Crippen LogP contribution in [0.3, 0.4) is 0 Å². The number of carboxylic acids is 1. The van der Waals surface area contributed by atoms with Crippen molar-refractivity contribution in [2.24, 2.45) is 0 Å². The monoisotopic (exact) mass is 245 g/mol. The van der Waals surface area contributed by atoms with E-state index in [0.717, 1.165) is 17.0 Å². The molecule has 3 aromatic heterocycles. The number of hydrogen-bond donors (Lipinski definition) is 3. The summed E-state index contributed by atoms with van der Waals surface area (Å²) in [6, 6.07) is 0. The van der Waals surface area contributed by atoms with Gasteiger partial charge in [-0.15, -0.1) is 0 Å². The lowest BCUT2D eigenvalue weighted by Crippen LogP contribution is -1.99. The summed E-state index contributed by atoms with van der Waals surface area (Å²) in [7, 11) is 0. The van der Waals surface area contributed by atoms with Crippen LogP contribution in [-0.4, -0.2) is 35.6 Å². The Hall–Kier alpha value is -2.57. The Morgan fingerprint density at radius 3 is 2.78 bits per heavy atom. The second-order valence-corrected chi connectivity index (χ2v) is 4.14. The van der Waals surface area contributed by atoms with E-state index in [0.29, 0.717) is 11.5 Å². The van der Waals surface area contributed by atoms with Crippen molar-refractivity contribution in [1.29, 1.82) is 0 Å². The van der Waals surface area contributed by atoms with E-state index in [9.17, 15) is 4.79 Å². The van der Waals surface area contributed by atoms with Gasteiger partial charge in [0, 0.05) is 6.20 Å². The van der Waals surface area contributed by atoms with E-state index in [1.165, 1.54) is 0 Å². The van der Waals surface area contributed by atoms with E-state index >= 15 is 0 Å². The Morgan fingerprint density at radius 1 is 1.44 bits per heavy atom. The summed E-state index contributed by atoms with van der Waals surface area (Å²) in [6.45, 7) is 3.67. The van der Waals surface area contributed by atoms with E-state index in [1.807, 2.05) is 13.1 Å². The quantitative estimate of drug-likeness (QED) is 0.634. The highest BCUT2D eigenvalue weighted by atomic mass is 16.4. The third kappa shape index (κ3) is 1.33. The van der Waals surface area contributed by atoms with E-state index in [-0.39, 0.29) is 5.69 Å². The molecule has 0 amide bonds. The van der Waals surface area contributed by atoms with Crippen LogP contribution in [-0.2, 0) is 0 Å². The maximum absolute atomic E-state index is 11.0. The largest absolute Gasteiger partial charge is 0.476 e. The van der Waals surface area contributed by atoms with Crippen LogP contribution in [0.15, 0.2) is 12.4 Å². The van der Waals surface area contributed by atoms with Crippen LogP contribution < -0.4 is 0 Å². The number of H-pyrrole nitrogens is 2. The zero-order valence-electron chi connectivity index (χ0n) is 9.85. The molecule has 0 atom stereocenters. The van der Waals surface area contributed by atoms with E-state index in [1.54, 1.807) is 17.5 Å². The normalized spacial score (nSPS) is 11.2. The van der Waals surface area contributed by atoms with Crippen LogP contribution in [0.25, 0.3) is 17.2 Å². The predicted molar refractivity (Wildman–Crippen MR) is 63.6 cm³/mol. The fourth-order valence-corrected chi connectivity index (χ4v) is 1.99. The Balaban J connectivity index is 2.19. The molecule has 3 heterocycles. The lowest BCUT2D eigenvalue weighted by atomic mass is 10.2. The number of rotatable bonds is 2. The number of carbonyl (C=O) groups is 1. The van der Waals surface area contributed by atoms with Crippen molar-refractivity contribution in [2.75, 3.05) is 0 Å². The molecular formula is C11H11N5O2. The lowest BCUT2D eigenvalue weighted by molar-refractivity contribution is 0.0690. The second-order valence-electron chi connectivity index (χ2n) is 4.14. The Morgan fingerprint density at radius 2 is 2.22 bits per heavy atom. The van der Waals surface area contributed by atoms with Crippen molar-refractivity contribution in [3.05, 3.63) is 29.3 Å². The van der Waals surface area contributed by atoms with Gasteiger partial charge in [0.2, 0.25) is 5.78 Å². The number of imidazole rings is 2. The Bertz CT molecular complexity index is 749. The number of nitrogens with zero attached hydrogens (tertiary/aromatic N) is 3. The first-order valence-corrected chi connectivity index (χ1v) is 5.39. The summed E-state index contributed by atoms with van der Waals surface area (Å²) in [5.41, 5.74) is 3.37. The number of nitrogens with one attached hydrogen (secondary N) is 2. The molecule has 7 nitrogen and oxygen atoms in total. The van der Waals surface area contributed by atoms with E-state index in [2.05, 4.69) is 20.2 Å². The molecule has 0 saturated carbocycles. The summed E-state index contributed by atoms with van der Waals surface area (Å²) >= 11 is 0. The van der Waals surface area contributed by atoms with Gasteiger partial charge in [0.25, 0.3) is 0 Å². The summed E-state index contributed by atoms with van der Waals surface area (Å²) < 4.78 is 1.72. The van der Waals surface area contributed by atoms with Crippen molar-refractivity contribution in [3.8, 4) is 11.4 Å². The van der Waals surface area contributed by atoms with Gasteiger partial charge in [-0.05, 0) is 19.4 Å². The summed E-state index contributed by atoms with van der Waals surface area (Å²) in [5.74, 6) is -0.516. The highest BCUT2D eigenvalue weighted by Gasteiger charge is 2.17. The standard InChI is InChI=1S/C11H11N5O2/c1-5-3-12-15-8(5)7-4-16-6(2)9(10(17)18)14-11(16)13-7/h3-4H,1-2H3,(H,12,15)(H,13,14)(H,17,18). The molecule has 3 N–H and O–H groups in total. The van der Waals surface area contributed by atoms with Gasteiger partial charge < -0.3 is 10.1 Å². The Labute approximate surface area is 101 Å². The van der Waals surface area contributed by atoms with Gasteiger partial charge in [0.05, 0.1) is 23.3 Å². The van der Waals surface area contributed by atoms with Gasteiger partial charge in [-0.2, -0.15) is 5.10 Å². The molecule has 0 saturated heterocycles. The zero-order valence-corrected chi connectivity index (χ0v) is 9.85. The van der Waals surface area contributed by atoms with Gasteiger partial charge in [-0.3, -0.25) is 9.50 Å². The van der Waals surface area contributed by atoms with Crippen LogP contribution in [0.2, 0.25) is 0 Å². The summed E-state index contributed by atoms with van der Waals surface area (Å²) in [6.07, 6.45) is 3.54. The van der Waals surface area contributed by atoms with Gasteiger partial charge in [-0.25, -0.2) is 9.78 Å². The average molecular weight is 245 g/mol. The Kier molecular flexibility index (Phi) is 2.03. The molecule has 0 radical (unpaired) electrons. The zero-order chi connectivity index (χ0) is 12.9. The number of aromatic amines is 2. The fourth-order valence-electron chi connectivity index (χ4n) is 1.99. The smallest absolute Gasteiger partial charge is 0.356 e.